The van der Waals surface area contributed by atoms with Gasteiger partial charge < -0.3 is 10.1 Å². The van der Waals surface area contributed by atoms with E-state index in [4.69, 9.17) is 4.74 Å². The first-order valence-electron chi connectivity index (χ1n) is 8.80. The molecule has 3 aliphatic rings. The van der Waals surface area contributed by atoms with Crippen LogP contribution in [0.25, 0.3) is 0 Å². The Morgan fingerprint density at radius 3 is 2.65 bits per heavy atom. The van der Waals surface area contributed by atoms with Gasteiger partial charge >= 0.3 is 0 Å². The fourth-order valence-electron chi connectivity index (χ4n) is 4.25. The van der Waals surface area contributed by atoms with E-state index in [9.17, 15) is 0 Å². The van der Waals surface area contributed by atoms with Crippen molar-refractivity contribution < 1.29 is 4.74 Å². The van der Waals surface area contributed by atoms with E-state index < -0.39 is 0 Å². The van der Waals surface area contributed by atoms with E-state index in [1.54, 1.807) is 0 Å². The van der Waals surface area contributed by atoms with Crippen LogP contribution in [-0.2, 0) is 4.74 Å². The minimum atomic E-state index is 0.300. The summed E-state index contributed by atoms with van der Waals surface area (Å²) in [4.78, 5) is 0. The molecule has 3 heteroatoms. The second-order valence-corrected chi connectivity index (χ2v) is 8.38. The molecule has 20 heavy (non-hydrogen) atoms. The van der Waals surface area contributed by atoms with Crippen molar-refractivity contribution in [1.29, 1.82) is 0 Å². The van der Waals surface area contributed by atoms with Crippen molar-refractivity contribution in [2.75, 3.05) is 18.9 Å². The minimum Gasteiger partial charge on any atom is -0.375 e. The Kier molecular flexibility index (Phi) is 5.33. The molecule has 2 unspecified atom stereocenters. The third-order valence-corrected chi connectivity index (χ3v) is 7.14. The zero-order valence-electron chi connectivity index (χ0n) is 13.0. The van der Waals surface area contributed by atoms with Crippen LogP contribution in [0.4, 0.5) is 0 Å². The van der Waals surface area contributed by atoms with E-state index in [1.165, 1.54) is 63.5 Å². The number of hydrogen-bond acceptors (Lipinski definition) is 3. The Hall–Kier alpha value is 0.270. The van der Waals surface area contributed by atoms with Gasteiger partial charge in [-0.1, -0.05) is 19.8 Å². The standard InChI is InChI=1S/C17H31NOS/c1-2-18-16(13-20-15-6-3-4-7-15)14-8-11-19-17(12-14)9-5-10-17/h14-16,18H,2-13H2,1H3. The second-order valence-electron chi connectivity index (χ2n) is 7.04. The Morgan fingerprint density at radius 2 is 2.00 bits per heavy atom. The van der Waals surface area contributed by atoms with Gasteiger partial charge in [0.1, 0.15) is 0 Å². The maximum absolute atomic E-state index is 6.10. The van der Waals surface area contributed by atoms with Gasteiger partial charge in [0.2, 0.25) is 0 Å². The van der Waals surface area contributed by atoms with E-state index in [2.05, 4.69) is 24.0 Å². The number of nitrogens with one attached hydrogen (secondary N) is 1. The fourth-order valence-corrected chi connectivity index (χ4v) is 5.78. The van der Waals surface area contributed by atoms with E-state index in [0.717, 1.165) is 24.3 Å². The van der Waals surface area contributed by atoms with Gasteiger partial charge in [-0.25, -0.2) is 0 Å². The van der Waals surface area contributed by atoms with E-state index >= 15 is 0 Å². The normalized spacial score (nSPS) is 31.4. The highest BCUT2D eigenvalue weighted by Gasteiger charge is 2.44. The predicted octanol–water partition coefficient (Wildman–Crippen LogP) is 3.99. The molecule has 116 valence electrons. The molecule has 1 saturated heterocycles. The molecule has 0 aromatic carbocycles. The monoisotopic (exact) mass is 297 g/mol. The maximum atomic E-state index is 6.10. The van der Waals surface area contributed by atoms with Gasteiger partial charge in [-0.15, -0.1) is 0 Å². The maximum Gasteiger partial charge on any atom is 0.0685 e. The predicted molar refractivity (Wildman–Crippen MR) is 87.4 cm³/mol. The molecule has 1 spiro atoms. The summed E-state index contributed by atoms with van der Waals surface area (Å²) in [5, 5.41) is 4.74. The quantitative estimate of drug-likeness (QED) is 0.801. The minimum absolute atomic E-state index is 0.300. The lowest BCUT2D eigenvalue weighted by Crippen LogP contribution is -2.51. The molecular formula is C17H31NOS. The van der Waals surface area contributed by atoms with Gasteiger partial charge in [0.15, 0.2) is 0 Å². The smallest absolute Gasteiger partial charge is 0.0685 e. The Bertz CT molecular complexity index is 299. The first-order chi connectivity index (χ1) is 9.81. The molecule has 1 N–H and O–H groups in total. The zero-order valence-corrected chi connectivity index (χ0v) is 13.9. The lowest BCUT2D eigenvalue weighted by molar-refractivity contribution is -0.146. The summed E-state index contributed by atoms with van der Waals surface area (Å²) in [6.07, 6.45) is 12.4. The molecule has 2 atom stereocenters. The van der Waals surface area contributed by atoms with Crippen molar-refractivity contribution in [3.63, 3.8) is 0 Å². The molecule has 0 amide bonds. The van der Waals surface area contributed by atoms with Crippen LogP contribution < -0.4 is 5.32 Å². The average molecular weight is 298 g/mol. The first kappa shape index (κ1) is 15.2. The highest BCUT2D eigenvalue weighted by molar-refractivity contribution is 7.99. The van der Waals surface area contributed by atoms with Crippen molar-refractivity contribution in [1.82, 2.24) is 5.32 Å². The van der Waals surface area contributed by atoms with Crippen LogP contribution >= 0.6 is 11.8 Å². The largest absolute Gasteiger partial charge is 0.375 e. The van der Waals surface area contributed by atoms with Gasteiger partial charge in [-0.3, -0.25) is 0 Å². The molecule has 3 fully saturated rings. The Morgan fingerprint density at radius 1 is 1.20 bits per heavy atom. The van der Waals surface area contributed by atoms with Gasteiger partial charge in [-0.2, -0.15) is 11.8 Å². The Balaban J connectivity index is 1.51. The van der Waals surface area contributed by atoms with Crippen LogP contribution in [-0.4, -0.2) is 35.8 Å². The van der Waals surface area contributed by atoms with Crippen LogP contribution in [0.2, 0.25) is 0 Å². The summed E-state index contributed by atoms with van der Waals surface area (Å²) in [6.45, 7) is 4.37. The van der Waals surface area contributed by atoms with Crippen molar-refractivity contribution in [3.05, 3.63) is 0 Å². The highest BCUT2D eigenvalue weighted by Crippen LogP contribution is 2.45. The van der Waals surface area contributed by atoms with Crippen LogP contribution in [0.5, 0.6) is 0 Å². The summed E-state index contributed by atoms with van der Waals surface area (Å²) in [5.41, 5.74) is 0.300. The van der Waals surface area contributed by atoms with E-state index in [1.807, 2.05) is 0 Å². The summed E-state index contributed by atoms with van der Waals surface area (Å²) in [6, 6.07) is 0.715. The number of rotatable bonds is 6. The number of hydrogen-bond donors (Lipinski definition) is 1. The zero-order chi connectivity index (χ0) is 13.8. The molecule has 0 aromatic heterocycles. The summed E-state index contributed by atoms with van der Waals surface area (Å²) in [7, 11) is 0. The van der Waals surface area contributed by atoms with Gasteiger partial charge in [0, 0.05) is 23.7 Å². The summed E-state index contributed by atoms with van der Waals surface area (Å²) in [5.74, 6) is 2.16. The molecule has 2 saturated carbocycles. The van der Waals surface area contributed by atoms with Gasteiger partial charge in [0.05, 0.1) is 5.60 Å². The molecule has 1 aliphatic heterocycles. The summed E-state index contributed by atoms with van der Waals surface area (Å²) < 4.78 is 6.10. The van der Waals surface area contributed by atoms with Crippen LogP contribution in [0, 0.1) is 5.92 Å². The van der Waals surface area contributed by atoms with Crippen LogP contribution in [0.1, 0.15) is 64.7 Å². The average Bonchev–Trinajstić information content (AvgIpc) is 2.95. The SMILES string of the molecule is CCNC(CSC1CCCC1)C1CCOC2(CCC2)C1. The first-order valence-corrected chi connectivity index (χ1v) is 9.85. The van der Waals surface area contributed by atoms with E-state index in [0.29, 0.717) is 11.6 Å². The number of ether oxygens (including phenoxy) is 1. The number of thioether (sulfide) groups is 1. The highest BCUT2D eigenvalue weighted by atomic mass is 32.2. The third-order valence-electron chi connectivity index (χ3n) is 5.64. The molecule has 0 radical (unpaired) electrons. The molecule has 0 aromatic rings. The summed E-state index contributed by atoms with van der Waals surface area (Å²) >= 11 is 2.25. The second kappa shape index (κ2) is 7.02. The molecule has 0 bridgehead atoms. The Labute approximate surface area is 128 Å². The molecular weight excluding hydrogens is 266 g/mol. The third kappa shape index (κ3) is 3.53. The van der Waals surface area contributed by atoms with Gasteiger partial charge in [-0.05, 0) is 57.4 Å². The fraction of sp³-hybridized carbons (Fsp3) is 1.00. The van der Waals surface area contributed by atoms with Crippen molar-refractivity contribution in [2.45, 2.75) is 81.6 Å². The molecule has 2 nitrogen and oxygen atoms in total. The molecule has 2 aliphatic carbocycles. The van der Waals surface area contributed by atoms with Crippen molar-refractivity contribution >= 4 is 11.8 Å². The molecule has 1 heterocycles. The van der Waals surface area contributed by atoms with Crippen LogP contribution in [0.15, 0.2) is 0 Å². The van der Waals surface area contributed by atoms with Crippen molar-refractivity contribution in [3.8, 4) is 0 Å². The van der Waals surface area contributed by atoms with Crippen LogP contribution in [0.3, 0.4) is 0 Å². The van der Waals surface area contributed by atoms with Gasteiger partial charge in [0.25, 0.3) is 0 Å². The topological polar surface area (TPSA) is 21.3 Å². The molecule has 3 rings (SSSR count). The van der Waals surface area contributed by atoms with Crippen molar-refractivity contribution in [2.24, 2.45) is 5.92 Å². The lowest BCUT2D eigenvalue weighted by atomic mass is 9.70. The lowest BCUT2D eigenvalue weighted by Gasteiger charge is -2.49. The van der Waals surface area contributed by atoms with E-state index in [-0.39, 0.29) is 0 Å².